The third-order valence-corrected chi connectivity index (χ3v) is 2.18. The summed E-state index contributed by atoms with van der Waals surface area (Å²) in [5, 5.41) is 14.9. The van der Waals surface area contributed by atoms with Gasteiger partial charge in [0.2, 0.25) is 0 Å². The molecular weight excluding hydrogens is 216 g/mol. The van der Waals surface area contributed by atoms with Gasteiger partial charge in [-0.1, -0.05) is 25.9 Å². The van der Waals surface area contributed by atoms with Crippen molar-refractivity contribution >= 4 is 5.84 Å². The number of hydrogen-bond acceptors (Lipinski definition) is 4. The topological polar surface area (TPSA) is 83.5 Å². The molecule has 1 aromatic heterocycles. The number of oxime groups is 1. The van der Waals surface area contributed by atoms with Gasteiger partial charge in [-0.15, -0.1) is 0 Å². The van der Waals surface area contributed by atoms with Crippen LogP contribution in [0.1, 0.15) is 32.0 Å². The van der Waals surface area contributed by atoms with Gasteiger partial charge in [0.25, 0.3) is 0 Å². The van der Waals surface area contributed by atoms with Crippen LogP contribution in [0.4, 0.5) is 0 Å². The minimum absolute atomic E-state index is 0.0303. The van der Waals surface area contributed by atoms with Crippen molar-refractivity contribution in [3.8, 4) is 0 Å². The summed E-state index contributed by atoms with van der Waals surface area (Å²) in [6, 6.07) is 3.72. The Labute approximate surface area is 102 Å². The highest BCUT2D eigenvalue weighted by Gasteiger charge is 2.09. The first-order chi connectivity index (χ1) is 7.92. The van der Waals surface area contributed by atoms with Crippen LogP contribution in [0.25, 0.3) is 0 Å². The monoisotopic (exact) mass is 236 g/mol. The largest absolute Gasteiger partial charge is 0.409 e. The average molecular weight is 236 g/mol. The molecule has 0 saturated heterocycles. The number of pyridine rings is 1. The molecule has 0 fully saturated rings. The van der Waals surface area contributed by atoms with Crippen molar-refractivity contribution in [2.24, 2.45) is 16.3 Å². The molecular formula is C12H20N4O. The highest BCUT2D eigenvalue weighted by molar-refractivity contribution is 5.95. The van der Waals surface area contributed by atoms with E-state index in [-0.39, 0.29) is 11.3 Å². The Hall–Kier alpha value is -1.62. The van der Waals surface area contributed by atoms with E-state index in [1.165, 1.54) is 0 Å². The molecule has 0 spiro atoms. The first-order valence-corrected chi connectivity index (χ1v) is 5.56. The Morgan fingerprint density at radius 1 is 1.53 bits per heavy atom. The maximum absolute atomic E-state index is 8.57. The standard InChI is InChI=1S/C12H20N4O/c1-12(2,3)8-14-7-9-4-5-15-10(6-9)11(13)16-17/h4-6,14,17H,7-8H2,1-3H3,(H2,13,16). The van der Waals surface area contributed by atoms with Gasteiger partial charge in [0.05, 0.1) is 0 Å². The van der Waals surface area contributed by atoms with Gasteiger partial charge >= 0.3 is 0 Å². The molecule has 0 aliphatic carbocycles. The predicted octanol–water partition coefficient (Wildman–Crippen LogP) is 1.31. The van der Waals surface area contributed by atoms with E-state index in [2.05, 4.69) is 36.2 Å². The number of nitrogens with two attached hydrogens (primary N) is 1. The van der Waals surface area contributed by atoms with Crippen LogP contribution in [0.15, 0.2) is 23.5 Å². The van der Waals surface area contributed by atoms with Crippen LogP contribution in [-0.2, 0) is 6.54 Å². The summed E-state index contributed by atoms with van der Waals surface area (Å²) in [5.41, 5.74) is 7.28. The summed E-state index contributed by atoms with van der Waals surface area (Å²) in [6.45, 7) is 8.19. The van der Waals surface area contributed by atoms with Crippen molar-refractivity contribution in [1.29, 1.82) is 0 Å². The third-order valence-electron chi connectivity index (χ3n) is 2.18. The first-order valence-electron chi connectivity index (χ1n) is 5.56. The summed E-state index contributed by atoms with van der Waals surface area (Å²) in [7, 11) is 0. The van der Waals surface area contributed by atoms with E-state index < -0.39 is 0 Å². The minimum Gasteiger partial charge on any atom is -0.409 e. The molecule has 0 bridgehead atoms. The highest BCUT2D eigenvalue weighted by Crippen LogP contribution is 2.11. The van der Waals surface area contributed by atoms with E-state index >= 15 is 0 Å². The van der Waals surface area contributed by atoms with Gasteiger partial charge in [0.15, 0.2) is 5.84 Å². The lowest BCUT2D eigenvalue weighted by Gasteiger charge is -2.18. The minimum atomic E-state index is 0.0303. The second-order valence-electron chi connectivity index (χ2n) is 5.20. The van der Waals surface area contributed by atoms with Gasteiger partial charge in [-0.2, -0.15) is 0 Å². The number of aromatic nitrogens is 1. The molecule has 0 unspecified atom stereocenters. The highest BCUT2D eigenvalue weighted by atomic mass is 16.4. The Morgan fingerprint density at radius 2 is 2.24 bits per heavy atom. The number of nitrogens with one attached hydrogen (secondary N) is 1. The fraction of sp³-hybridized carbons (Fsp3) is 0.500. The van der Waals surface area contributed by atoms with Crippen molar-refractivity contribution in [2.75, 3.05) is 6.54 Å². The lowest BCUT2D eigenvalue weighted by molar-refractivity contribution is 0.318. The SMILES string of the molecule is CC(C)(C)CNCc1ccnc(C(N)=NO)c1. The second kappa shape index (κ2) is 5.63. The molecule has 5 nitrogen and oxygen atoms in total. The normalized spacial score (nSPS) is 12.8. The zero-order valence-corrected chi connectivity index (χ0v) is 10.6. The number of rotatable bonds is 4. The van der Waals surface area contributed by atoms with Crippen molar-refractivity contribution in [2.45, 2.75) is 27.3 Å². The Morgan fingerprint density at radius 3 is 2.82 bits per heavy atom. The molecule has 0 aliphatic heterocycles. The van der Waals surface area contributed by atoms with Crippen LogP contribution in [0, 0.1) is 5.41 Å². The molecule has 0 amide bonds. The summed E-state index contributed by atoms with van der Waals surface area (Å²) < 4.78 is 0. The molecule has 0 radical (unpaired) electrons. The van der Waals surface area contributed by atoms with Gasteiger partial charge in [-0.25, -0.2) is 0 Å². The van der Waals surface area contributed by atoms with Gasteiger partial charge in [0, 0.05) is 19.3 Å². The van der Waals surface area contributed by atoms with E-state index in [1.807, 2.05) is 12.1 Å². The number of amidine groups is 1. The molecule has 0 aliphatic rings. The quantitative estimate of drug-likeness (QED) is 0.318. The van der Waals surface area contributed by atoms with Crippen LogP contribution in [0.3, 0.4) is 0 Å². The summed E-state index contributed by atoms with van der Waals surface area (Å²) in [5.74, 6) is 0.0303. The summed E-state index contributed by atoms with van der Waals surface area (Å²) in [4.78, 5) is 4.02. The molecule has 5 heteroatoms. The van der Waals surface area contributed by atoms with Crippen molar-refractivity contribution in [3.05, 3.63) is 29.6 Å². The Balaban J connectivity index is 2.61. The molecule has 94 valence electrons. The molecule has 4 N–H and O–H groups in total. The fourth-order valence-electron chi connectivity index (χ4n) is 1.36. The van der Waals surface area contributed by atoms with Gasteiger partial charge in [-0.3, -0.25) is 4.98 Å². The van der Waals surface area contributed by atoms with Crippen LogP contribution in [0.2, 0.25) is 0 Å². The second-order valence-corrected chi connectivity index (χ2v) is 5.20. The average Bonchev–Trinajstić information content (AvgIpc) is 2.27. The molecule has 1 rings (SSSR count). The fourth-order valence-corrected chi connectivity index (χ4v) is 1.36. The van der Waals surface area contributed by atoms with Crippen LogP contribution in [-0.4, -0.2) is 22.6 Å². The molecule has 0 atom stereocenters. The van der Waals surface area contributed by atoms with Crippen LogP contribution in [0.5, 0.6) is 0 Å². The van der Waals surface area contributed by atoms with E-state index in [1.54, 1.807) is 6.20 Å². The molecule has 0 saturated carbocycles. The Kier molecular flexibility index (Phi) is 4.45. The third kappa shape index (κ3) is 4.82. The molecule has 1 aromatic rings. The van der Waals surface area contributed by atoms with Gasteiger partial charge in [0.1, 0.15) is 5.69 Å². The zero-order chi connectivity index (χ0) is 12.9. The molecule has 17 heavy (non-hydrogen) atoms. The smallest absolute Gasteiger partial charge is 0.188 e. The molecule has 1 heterocycles. The number of nitrogens with zero attached hydrogens (tertiary/aromatic N) is 2. The summed E-state index contributed by atoms with van der Waals surface area (Å²) in [6.07, 6.45) is 1.65. The van der Waals surface area contributed by atoms with Crippen molar-refractivity contribution < 1.29 is 5.21 Å². The predicted molar refractivity (Wildman–Crippen MR) is 67.9 cm³/mol. The first kappa shape index (κ1) is 13.4. The maximum Gasteiger partial charge on any atom is 0.188 e. The van der Waals surface area contributed by atoms with E-state index in [9.17, 15) is 0 Å². The van der Waals surface area contributed by atoms with Crippen LogP contribution < -0.4 is 11.1 Å². The van der Waals surface area contributed by atoms with Crippen LogP contribution >= 0.6 is 0 Å². The molecule has 0 aromatic carbocycles. The van der Waals surface area contributed by atoms with E-state index in [0.29, 0.717) is 5.69 Å². The maximum atomic E-state index is 8.57. The lowest BCUT2D eigenvalue weighted by Crippen LogP contribution is -2.26. The lowest BCUT2D eigenvalue weighted by atomic mass is 9.97. The summed E-state index contributed by atoms with van der Waals surface area (Å²) >= 11 is 0. The van der Waals surface area contributed by atoms with Crippen molar-refractivity contribution in [1.82, 2.24) is 10.3 Å². The zero-order valence-electron chi connectivity index (χ0n) is 10.6. The van der Waals surface area contributed by atoms with Gasteiger partial charge < -0.3 is 16.3 Å². The Bertz CT molecular complexity index is 396. The van der Waals surface area contributed by atoms with E-state index in [4.69, 9.17) is 10.9 Å². The number of hydrogen-bond donors (Lipinski definition) is 3. The van der Waals surface area contributed by atoms with E-state index in [0.717, 1.165) is 18.7 Å². The van der Waals surface area contributed by atoms with Gasteiger partial charge in [-0.05, 0) is 23.1 Å². The van der Waals surface area contributed by atoms with Crippen molar-refractivity contribution in [3.63, 3.8) is 0 Å².